The number of allylic oxidation sites excluding steroid dienone is 4. The lowest BCUT2D eigenvalue weighted by Gasteiger charge is -2.43. The third kappa shape index (κ3) is 3.06. The van der Waals surface area contributed by atoms with Crippen LogP contribution in [0.15, 0.2) is 47.2 Å². The number of fused-ring (bicyclic) bond motifs is 1. The summed E-state index contributed by atoms with van der Waals surface area (Å²) in [7, 11) is 0. The van der Waals surface area contributed by atoms with Crippen LogP contribution in [0.5, 0.6) is 5.75 Å². The fraction of sp³-hybridized carbons (Fsp3) is 0.350. The average molecular weight is 384 g/mol. The molecule has 0 aliphatic heterocycles. The fourth-order valence-corrected chi connectivity index (χ4v) is 4.13. The number of ether oxygens (including phenoxy) is 1. The van der Waals surface area contributed by atoms with E-state index in [4.69, 9.17) is 5.73 Å². The van der Waals surface area contributed by atoms with Crippen molar-refractivity contribution in [3.8, 4) is 24.0 Å². The van der Waals surface area contributed by atoms with Crippen LogP contribution in [-0.4, -0.2) is 6.36 Å². The van der Waals surface area contributed by atoms with E-state index in [0.29, 0.717) is 17.6 Å². The van der Waals surface area contributed by atoms with Crippen molar-refractivity contribution in [2.24, 2.45) is 17.1 Å². The monoisotopic (exact) mass is 384 g/mol. The minimum Gasteiger partial charge on any atom is -0.406 e. The molecule has 0 saturated carbocycles. The van der Waals surface area contributed by atoms with Crippen molar-refractivity contribution in [2.75, 3.05) is 0 Å². The predicted octanol–water partition coefficient (Wildman–Crippen LogP) is 4.18. The molecule has 0 fully saturated rings. The summed E-state index contributed by atoms with van der Waals surface area (Å²) in [5.41, 5.74) is 5.60. The maximum Gasteiger partial charge on any atom is 0.573 e. The molecule has 2 atom stereocenters. The van der Waals surface area contributed by atoms with Gasteiger partial charge in [0.15, 0.2) is 5.41 Å². The van der Waals surface area contributed by atoms with Crippen LogP contribution in [-0.2, 0) is 0 Å². The second-order valence-electron chi connectivity index (χ2n) is 6.72. The summed E-state index contributed by atoms with van der Waals surface area (Å²) in [5.74, 6) is -1.40. The van der Waals surface area contributed by atoms with Crippen LogP contribution in [0, 0.1) is 45.3 Å². The van der Waals surface area contributed by atoms with E-state index < -0.39 is 23.4 Å². The molecule has 0 aromatic heterocycles. The predicted molar refractivity (Wildman–Crippen MR) is 91.8 cm³/mol. The van der Waals surface area contributed by atoms with Crippen molar-refractivity contribution in [3.63, 3.8) is 0 Å². The molecule has 1 aromatic rings. The van der Waals surface area contributed by atoms with E-state index >= 15 is 0 Å². The van der Waals surface area contributed by atoms with Crippen LogP contribution in [0.2, 0.25) is 0 Å². The van der Waals surface area contributed by atoms with Gasteiger partial charge in [0.05, 0.1) is 23.4 Å². The van der Waals surface area contributed by atoms with Gasteiger partial charge in [0, 0.05) is 5.92 Å². The molecule has 3 rings (SSSR count). The van der Waals surface area contributed by atoms with Gasteiger partial charge in [0.2, 0.25) is 0 Å². The summed E-state index contributed by atoms with van der Waals surface area (Å²) >= 11 is 0. The Hall–Kier alpha value is -3.44. The van der Waals surface area contributed by atoms with Gasteiger partial charge in [-0.05, 0) is 48.4 Å². The Bertz CT molecular complexity index is 957. The van der Waals surface area contributed by atoms with Crippen LogP contribution >= 0.6 is 0 Å². The molecule has 5 nitrogen and oxygen atoms in total. The normalized spacial score (nSPS) is 23.5. The Balaban J connectivity index is 2.15. The SMILES string of the molecule is N#CC1=C(N)C(C#N)(C#N)[C@@H](c2ccc(OC(F)(F)F)cc2)[C@@H]2CCCC=C12. The minimum atomic E-state index is -4.82. The molecule has 0 heterocycles. The zero-order chi connectivity index (χ0) is 20.5. The lowest BCUT2D eigenvalue weighted by Crippen LogP contribution is -2.42. The van der Waals surface area contributed by atoms with Crippen LogP contribution in [0.1, 0.15) is 30.7 Å². The lowest BCUT2D eigenvalue weighted by atomic mass is 9.57. The van der Waals surface area contributed by atoms with E-state index in [9.17, 15) is 29.0 Å². The number of halogens is 3. The zero-order valence-corrected chi connectivity index (χ0v) is 14.6. The molecular formula is C20H15F3N4O. The first-order valence-corrected chi connectivity index (χ1v) is 8.56. The van der Waals surface area contributed by atoms with E-state index in [2.05, 4.69) is 4.74 Å². The number of hydrogen-bond acceptors (Lipinski definition) is 5. The molecule has 0 spiro atoms. The highest BCUT2D eigenvalue weighted by atomic mass is 19.4. The largest absolute Gasteiger partial charge is 0.573 e. The second kappa shape index (κ2) is 6.94. The van der Waals surface area contributed by atoms with Gasteiger partial charge in [0.1, 0.15) is 11.8 Å². The topological polar surface area (TPSA) is 107 Å². The van der Waals surface area contributed by atoms with E-state index in [-0.39, 0.29) is 17.2 Å². The quantitative estimate of drug-likeness (QED) is 0.823. The summed E-state index contributed by atoms with van der Waals surface area (Å²) in [6.07, 6.45) is -0.718. The number of nitrogens with two attached hydrogens (primary N) is 1. The first-order valence-electron chi connectivity index (χ1n) is 8.56. The molecule has 0 amide bonds. The van der Waals surface area contributed by atoms with E-state index in [0.717, 1.165) is 25.0 Å². The molecule has 0 bridgehead atoms. The van der Waals surface area contributed by atoms with Crippen molar-refractivity contribution in [1.82, 2.24) is 0 Å². The van der Waals surface area contributed by atoms with E-state index in [1.807, 2.05) is 24.3 Å². The highest BCUT2D eigenvalue weighted by molar-refractivity contribution is 5.59. The standard InChI is InChI=1S/C20H15F3N4O/c21-20(22,23)28-13-7-5-12(6-8-13)17-15-4-2-1-3-14(15)16(9-24)18(27)19(17,10-25)11-26/h3,5-8,15,17H,1-2,4,27H2/t15-,17+/m1/s1. The van der Waals surface area contributed by atoms with Crippen molar-refractivity contribution >= 4 is 0 Å². The van der Waals surface area contributed by atoms with E-state index in [1.54, 1.807) is 0 Å². The first-order chi connectivity index (χ1) is 13.3. The molecule has 0 saturated heterocycles. The third-order valence-electron chi connectivity index (χ3n) is 5.27. The molecule has 0 radical (unpaired) electrons. The average Bonchev–Trinajstić information content (AvgIpc) is 2.67. The van der Waals surface area contributed by atoms with Crippen LogP contribution in [0.25, 0.3) is 0 Å². The Morgan fingerprint density at radius 2 is 1.75 bits per heavy atom. The number of benzene rings is 1. The molecule has 2 aliphatic carbocycles. The zero-order valence-electron chi connectivity index (χ0n) is 14.6. The Morgan fingerprint density at radius 1 is 1.11 bits per heavy atom. The number of alkyl halides is 3. The molecule has 1 aromatic carbocycles. The maximum absolute atomic E-state index is 12.4. The summed E-state index contributed by atoms with van der Waals surface area (Å²) < 4.78 is 41.1. The van der Waals surface area contributed by atoms with Crippen molar-refractivity contribution in [2.45, 2.75) is 31.5 Å². The lowest BCUT2D eigenvalue weighted by molar-refractivity contribution is -0.274. The second-order valence-corrected chi connectivity index (χ2v) is 6.72. The highest BCUT2D eigenvalue weighted by Gasteiger charge is 2.53. The van der Waals surface area contributed by atoms with Crippen molar-refractivity contribution in [1.29, 1.82) is 15.8 Å². The molecule has 2 aliphatic rings. The summed E-state index contributed by atoms with van der Waals surface area (Å²) in [6, 6.07) is 11.1. The van der Waals surface area contributed by atoms with Gasteiger partial charge in [-0.1, -0.05) is 18.2 Å². The molecule has 0 unspecified atom stereocenters. The smallest absolute Gasteiger partial charge is 0.406 e. The minimum absolute atomic E-state index is 0.106. The number of nitrogens with zero attached hydrogens (tertiary/aromatic N) is 3. The Morgan fingerprint density at radius 3 is 2.29 bits per heavy atom. The maximum atomic E-state index is 12.4. The van der Waals surface area contributed by atoms with Gasteiger partial charge in [-0.15, -0.1) is 13.2 Å². The number of hydrogen-bond donors (Lipinski definition) is 1. The molecule has 28 heavy (non-hydrogen) atoms. The Kier molecular flexibility index (Phi) is 4.79. The number of nitriles is 3. The molecular weight excluding hydrogens is 369 g/mol. The van der Waals surface area contributed by atoms with Gasteiger partial charge in [-0.25, -0.2) is 0 Å². The fourth-order valence-electron chi connectivity index (χ4n) is 4.13. The van der Waals surface area contributed by atoms with Crippen LogP contribution < -0.4 is 10.5 Å². The highest BCUT2D eigenvalue weighted by Crippen LogP contribution is 2.55. The van der Waals surface area contributed by atoms with Crippen LogP contribution in [0.4, 0.5) is 13.2 Å². The summed E-state index contributed by atoms with van der Waals surface area (Å²) in [6.45, 7) is 0. The molecule has 8 heteroatoms. The van der Waals surface area contributed by atoms with Crippen molar-refractivity contribution in [3.05, 3.63) is 52.7 Å². The van der Waals surface area contributed by atoms with Crippen molar-refractivity contribution < 1.29 is 17.9 Å². The van der Waals surface area contributed by atoms with Gasteiger partial charge >= 0.3 is 6.36 Å². The summed E-state index contributed by atoms with van der Waals surface area (Å²) in [4.78, 5) is 0. The van der Waals surface area contributed by atoms with Gasteiger partial charge in [0.25, 0.3) is 0 Å². The van der Waals surface area contributed by atoms with Gasteiger partial charge in [-0.3, -0.25) is 0 Å². The molecule has 142 valence electrons. The van der Waals surface area contributed by atoms with Gasteiger partial charge < -0.3 is 10.5 Å². The Labute approximate surface area is 159 Å². The summed E-state index contributed by atoms with van der Waals surface area (Å²) in [5, 5.41) is 29.3. The van der Waals surface area contributed by atoms with Crippen LogP contribution in [0.3, 0.4) is 0 Å². The van der Waals surface area contributed by atoms with E-state index in [1.165, 1.54) is 12.1 Å². The molecule has 2 N–H and O–H groups in total. The number of rotatable bonds is 2. The first kappa shape index (κ1) is 19.3. The van der Waals surface area contributed by atoms with Gasteiger partial charge in [-0.2, -0.15) is 15.8 Å². The third-order valence-corrected chi connectivity index (χ3v) is 5.27.